The molecule has 0 aliphatic carbocycles. The minimum Gasteiger partial charge on any atom is -0.490 e. The largest absolute Gasteiger partial charge is 0.490 e. The van der Waals surface area contributed by atoms with Gasteiger partial charge >= 0.3 is 0 Å². The van der Waals surface area contributed by atoms with E-state index in [1.54, 1.807) is 12.1 Å². The molecule has 1 amide bonds. The summed E-state index contributed by atoms with van der Waals surface area (Å²) in [5, 5.41) is 2.98. The summed E-state index contributed by atoms with van der Waals surface area (Å²) in [4.78, 5) is 12.9. The molecule has 0 radical (unpaired) electrons. The van der Waals surface area contributed by atoms with Crippen molar-refractivity contribution in [2.24, 2.45) is 5.92 Å². The predicted molar refractivity (Wildman–Crippen MR) is 107 cm³/mol. The maximum absolute atomic E-state index is 12.9. The van der Waals surface area contributed by atoms with Crippen molar-refractivity contribution >= 4 is 15.7 Å². The monoisotopic (exact) mass is 403 g/mol. The molecule has 2 aromatic carbocycles. The van der Waals surface area contributed by atoms with E-state index < -0.39 is 15.7 Å². The van der Waals surface area contributed by atoms with Gasteiger partial charge in [-0.15, -0.1) is 0 Å². The van der Waals surface area contributed by atoms with Gasteiger partial charge in [-0.1, -0.05) is 32.0 Å². The fourth-order valence-corrected chi connectivity index (χ4v) is 4.09. The van der Waals surface area contributed by atoms with E-state index in [0.29, 0.717) is 24.7 Å². The summed E-state index contributed by atoms with van der Waals surface area (Å²) in [5.74, 6) is 1.01. The highest BCUT2D eigenvalue weighted by Gasteiger charge is 2.24. The molecule has 0 unspecified atom stereocenters. The Labute approximate surface area is 165 Å². The smallest absolute Gasteiger partial charge is 0.253 e. The molecule has 1 aliphatic rings. The molecule has 1 atom stereocenters. The van der Waals surface area contributed by atoms with E-state index in [2.05, 4.69) is 5.32 Å². The highest BCUT2D eigenvalue weighted by molar-refractivity contribution is 7.90. The van der Waals surface area contributed by atoms with Gasteiger partial charge < -0.3 is 14.8 Å². The minimum atomic E-state index is -3.51. The van der Waals surface area contributed by atoms with Crippen molar-refractivity contribution in [2.75, 3.05) is 19.5 Å². The van der Waals surface area contributed by atoms with E-state index in [0.717, 1.165) is 18.2 Å². The highest BCUT2D eigenvalue weighted by Crippen LogP contribution is 2.34. The quantitative estimate of drug-likeness (QED) is 0.828. The number of rotatable bonds is 5. The van der Waals surface area contributed by atoms with Gasteiger partial charge in [0.25, 0.3) is 5.91 Å². The Morgan fingerprint density at radius 2 is 1.71 bits per heavy atom. The van der Waals surface area contributed by atoms with Crippen LogP contribution in [0.5, 0.6) is 11.5 Å². The third-order valence-electron chi connectivity index (χ3n) is 4.62. The molecule has 7 heteroatoms. The molecule has 6 nitrogen and oxygen atoms in total. The van der Waals surface area contributed by atoms with Crippen LogP contribution in [0.2, 0.25) is 0 Å². The molecule has 0 saturated heterocycles. The van der Waals surface area contributed by atoms with Crippen molar-refractivity contribution in [3.05, 3.63) is 53.6 Å². The van der Waals surface area contributed by atoms with Gasteiger partial charge in [0.2, 0.25) is 0 Å². The lowest BCUT2D eigenvalue weighted by molar-refractivity contribution is 0.0922. The Morgan fingerprint density at radius 3 is 2.39 bits per heavy atom. The first-order valence-corrected chi connectivity index (χ1v) is 11.2. The number of ether oxygens (including phenoxy) is 2. The summed E-state index contributed by atoms with van der Waals surface area (Å²) < 4.78 is 35.5. The molecule has 0 saturated carbocycles. The van der Waals surface area contributed by atoms with Crippen LogP contribution in [-0.2, 0) is 9.84 Å². The van der Waals surface area contributed by atoms with Crippen LogP contribution >= 0.6 is 0 Å². The Kier molecular flexibility index (Phi) is 5.93. The number of fused-ring (bicyclic) bond motifs is 1. The van der Waals surface area contributed by atoms with Gasteiger partial charge in [-0.2, -0.15) is 0 Å². The average molecular weight is 404 g/mol. The SMILES string of the molecule is CC(C)[C@@H](NC(=O)c1ccccc1S(C)(=O)=O)c1ccc2c(c1)OCCCO2. The second-order valence-corrected chi connectivity index (χ2v) is 9.20. The third kappa shape index (κ3) is 4.47. The van der Waals surface area contributed by atoms with Gasteiger partial charge in [0.1, 0.15) is 0 Å². The van der Waals surface area contributed by atoms with Crippen molar-refractivity contribution in [1.82, 2.24) is 5.32 Å². The van der Waals surface area contributed by atoms with Crippen LogP contribution < -0.4 is 14.8 Å². The second kappa shape index (κ2) is 8.22. The molecule has 1 aliphatic heterocycles. The maximum Gasteiger partial charge on any atom is 0.253 e. The van der Waals surface area contributed by atoms with Gasteiger partial charge in [0, 0.05) is 12.7 Å². The average Bonchev–Trinajstić information content (AvgIpc) is 2.89. The third-order valence-corrected chi connectivity index (χ3v) is 5.77. The normalized spacial score (nSPS) is 15.0. The van der Waals surface area contributed by atoms with Crippen LogP contribution in [0.1, 0.15) is 42.2 Å². The van der Waals surface area contributed by atoms with Crippen molar-refractivity contribution < 1.29 is 22.7 Å². The number of sulfone groups is 1. The van der Waals surface area contributed by atoms with Gasteiger partial charge in [-0.3, -0.25) is 4.79 Å². The first kappa shape index (κ1) is 20.2. The Bertz CT molecular complexity index is 969. The summed E-state index contributed by atoms with van der Waals surface area (Å²) in [6, 6.07) is 11.6. The number of nitrogens with one attached hydrogen (secondary N) is 1. The lowest BCUT2D eigenvalue weighted by atomic mass is 9.95. The number of hydrogen-bond donors (Lipinski definition) is 1. The van der Waals surface area contributed by atoms with Crippen LogP contribution in [0.25, 0.3) is 0 Å². The molecule has 150 valence electrons. The lowest BCUT2D eigenvalue weighted by Crippen LogP contribution is -2.32. The molecule has 0 aromatic heterocycles. The Hall–Kier alpha value is -2.54. The van der Waals surface area contributed by atoms with Gasteiger partial charge in [0.05, 0.1) is 29.7 Å². The number of carbonyl (C=O) groups excluding carboxylic acids is 1. The van der Waals surface area contributed by atoms with Gasteiger partial charge in [0.15, 0.2) is 21.3 Å². The zero-order valence-electron chi connectivity index (χ0n) is 16.3. The molecule has 2 aromatic rings. The van der Waals surface area contributed by atoms with E-state index in [9.17, 15) is 13.2 Å². The number of hydrogen-bond acceptors (Lipinski definition) is 5. The number of benzene rings is 2. The Morgan fingerprint density at radius 1 is 1.04 bits per heavy atom. The summed E-state index contributed by atoms with van der Waals surface area (Å²) in [6.45, 7) is 5.18. The summed E-state index contributed by atoms with van der Waals surface area (Å²) >= 11 is 0. The zero-order valence-corrected chi connectivity index (χ0v) is 17.1. The van der Waals surface area contributed by atoms with E-state index in [1.165, 1.54) is 12.1 Å². The molecule has 3 rings (SSSR count). The summed E-state index contributed by atoms with van der Waals surface area (Å²) in [5.41, 5.74) is 1.02. The van der Waals surface area contributed by atoms with E-state index in [-0.39, 0.29) is 22.4 Å². The van der Waals surface area contributed by atoms with Crippen molar-refractivity contribution in [3.63, 3.8) is 0 Å². The number of amides is 1. The maximum atomic E-state index is 12.9. The van der Waals surface area contributed by atoms with Crippen molar-refractivity contribution in [2.45, 2.75) is 31.2 Å². The van der Waals surface area contributed by atoms with Crippen molar-refractivity contribution in [3.8, 4) is 11.5 Å². The van der Waals surface area contributed by atoms with Crippen LogP contribution in [0.4, 0.5) is 0 Å². The van der Waals surface area contributed by atoms with Crippen LogP contribution in [0, 0.1) is 5.92 Å². The molecule has 0 bridgehead atoms. The molecule has 1 N–H and O–H groups in total. The van der Waals surface area contributed by atoms with E-state index in [1.807, 2.05) is 32.0 Å². The van der Waals surface area contributed by atoms with Crippen LogP contribution in [-0.4, -0.2) is 33.8 Å². The lowest BCUT2D eigenvalue weighted by Gasteiger charge is -2.24. The standard InChI is InChI=1S/C21H25NO5S/c1-14(2)20(15-9-10-17-18(13-15)27-12-6-11-26-17)22-21(23)16-7-4-5-8-19(16)28(3,24)25/h4-5,7-10,13-14,20H,6,11-12H2,1-3H3,(H,22,23)/t20-/m1/s1. The minimum absolute atomic E-state index is 0.0219. The number of carbonyl (C=O) groups is 1. The molecule has 28 heavy (non-hydrogen) atoms. The first-order chi connectivity index (χ1) is 13.3. The van der Waals surface area contributed by atoms with E-state index >= 15 is 0 Å². The zero-order chi connectivity index (χ0) is 20.3. The van der Waals surface area contributed by atoms with Crippen LogP contribution in [0.15, 0.2) is 47.4 Å². The molecule has 0 fully saturated rings. The molecule has 0 spiro atoms. The van der Waals surface area contributed by atoms with Gasteiger partial charge in [-0.05, 0) is 35.7 Å². The predicted octanol–water partition coefficient (Wildman–Crippen LogP) is 3.38. The second-order valence-electron chi connectivity index (χ2n) is 7.22. The fraction of sp³-hybridized carbons (Fsp3) is 0.381. The van der Waals surface area contributed by atoms with Crippen LogP contribution in [0.3, 0.4) is 0 Å². The Balaban J connectivity index is 1.91. The fourth-order valence-electron chi connectivity index (χ4n) is 3.20. The summed E-state index contributed by atoms with van der Waals surface area (Å²) in [7, 11) is -3.51. The topological polar surface area (TPSA) is 81.7 Å². The van der Waals surface area contributed by atoms with Gasteiger partial charge in [-0.25, -0.2) is 8.42 Å². The first-order valence-electron chi connectivity index (χ1n) is 9.27. The molecule has 1 heterocycles. The molecular formula is C21H25NO5S. The molecular weight excluding hydrogens is 378 g/mol. The van der Waals surface area contributed by atoms with Crippen molar-refractivity contribution in [1.29, 1.82) is 0 Å². The van der Waals surface area contributed by atoms with E-state index in [4.69, 9.17) is 9.47 Å². The summed E-state index contributed by atoms with van der Waals surface area (Å²) in [6.07, 6.45) is 1.92. The highest BCUT2D eigenvalue weighted by atomic mass is 32.2.